The average molecular weight is 550 g/mol. The van der Waals surface area contributed by atoms with Crippen molar-refractivity contribution in [2.24, 2.45) is 4.99 Å². The first kappa shape index (κ1) is 28.2. The van der Waals surface area contributed by atoms with Gasteiger partial charge in [0.2, 0.25) is 0 Å². The first-order valence-electron chi connectivity index (χ1n) is 13.2. The average Bonchev–Trinajstić information content (AvgIpc) is 3.24. The summed E-state index contributed by atoms with van der Waals surface area (Å²) in [6, 6.07) is 12.7. The molecule has 0 saturated carbocycles. The lowest BCUT2D eigenvalue weighted by Gasteiger charge is -2.24. The number of hydrogen-bond acceptors (Lipinski definition) is 8. The van der Waals surface area contributed by atoms with Crippen molar-refractivity contribution in [3.63, 3.8) is 0 Å². The number of benzene rings is 2. The molecule has 206 valence electrons. The fourth-order valence-corrected chi connectivity index (χ4v) is 5.80. The second kappa shape index (κ2) is 12.3. The summed E-state index contributed by atoms with van der Waals surface area (Å²) in [5.74, 6) is 0.907. The van der Waals surface area contributed by atoms with E-state index < -0.39 is 12.0 Å². The molecule has 0 N–H and O–H groups in total. The van der Waals surface area contributed by atoms with Crippen LogP contribution in [0.1, 0.15) is 51.8 Å². The van der Waals surface area contributed by atoms with Gasteiger partial charge in [-0.15, -0.1) is 0 Å². The summed E-state index contributed by atoms with van der Waals surface area (Å²) in [6.07, 6.45) is 1.83. The number of ether oxygens (including phenoxy) is 3. The third-order valence-electron chi connectivity index (χ3n) is 6.66. The Hall–Kier alpha value is -3.85. The molecule has 0 fully saturated rings. The van der Waals surface area contributed by atoms with Crippen molar-refractivity contribution in [3.8, 4) is 11.5 Å². The molecular weight excluding hydrogens is 514 g/mol. The van der Waals surface area contributed by atoms with E-state index >= 15 is 0 Å². The van der Waals surface area contributed by atoms with Crippen LogP contribution in [0.25, 0.3) is 6.08 Å². The number of allylic oxidation sites excluding steroid dienone is 1. The molecular formula is C30H35N3O5S. The Morgan fingerprint density at radius 2 is 1.79 bits per heavy atom. The smallest absolute Gasteiger partial charge is 0.338 e. The minimum Gasteiger partial charge on any atom is -0.496 e. The van der Waals surface area contributed by atoms with E-state index in [1.807, 2.05) is 55.5 Å². The maximum atomic E-state index is 13.9. The number of carbonyl (C=O) groups is 1. The summed E-state index contributed by atoms with van der Waals surface area (Å²) in [6.45, 7) is 12.2. The number of methoxy groups -OCH3 is 1. The van der Waals surface area contributed by atoms with Gasteiger partial charge in [-0.1, -0.05) is 23.5 Å². The SMILES string of the molecule is CCOC(=O)C1=C(C)N=c2s/c(=C\c3ccc(N(CC)CC)cc3OC)c(=O)n2C1c1ccc(OCC)cc1. The lowest BCUT2D eigenvalue weighted by molar-refractivity contribution is -0.139. The van der Waals surface area contributed by atoms with Gasteiger partial charge >= 0.3 is 5.97 Å². The van der Waals surface area contributed by atoms with Gasteiger partial charge in [-0.25, -0.2) is 9.79 Å². The normalized spacial score (nSPS) is 15.0. The summed E-state index contributed by atoms with van der Waals surface area (Å²) in [4.78, 5) is 34.4. The van der Waals surface area contributed by atoms with Crippen molar-refractivity contribution in [3.05, 3.63) is 84.5 Å². The largest absolute Gasteiger partial charge is 0.496 e. The van der Waals surface area contributed by atoms with Crippen molar-refractivity contribution in [2.45, 2.75) is 40.7 Å². The highest BCUT2D eigenvalue weighted by molar-refractivity contribution is 7.07. The zero-order valence-corrected chi connectivity index (χ0v) is 24.1. The first-order chi connectivity index (χ1) is 18.9. The van der Waals surface area contributed by atoms with Gasteiger partial charge in [0, 0.05) is 30.4 Å². The highest BCUT2D eigenvalue weighted by Gasteiger charge is 2.33. The molecule has 0 saturated heterocycles. The molecule has 1 aliphatic heterocycles. The molecule has 2 heterocycles. The van der Waals surface area contributed by atoms with E-state index in [1.165, 1.54) is 11.3 Å². The van der Waals surface area contributed by atoms with E-state index in [0.29, 0.717) is 38.7 Å². The van der Waals surface area contributed by atoms with Gasteiger partial charge in [0.1, 0.15) is 11.5 Å². The predicted molar refractivity (Wildman–Crippen MR) is 155 cm³/mol. The summed E-state index contributed by atoms with van der Waals surface area (Å²) >= 11 is 1.29. The Morgan fingerprint density at radius 3 is 2.41 bits per heavy atom. The van der Waals surface area contributed by atoms with E-state index in [4.69, 9.17) is 14.2 Å². The van der Waals surface area contributed by atoms with Crippen LogP contribution in [0.4, 0.5) is 5.69 Å². The molecule has 0 amide bonds. The van der Waals surface area contributed by atoms with Crippen LogP contribution in [-0.2, 0) is 9.53 Å². The highest BCUT2D eigenvalue weighted by Crippen LogP contribution is 2.32. The second-order valence-electron chi connectivity index (χ2n) is 8.90. The number of anilines is 1. The second-order valence-corrected chi connectivity index (χ2v) is 9.91. The fourth-order valence-electron chi connectivity index (χ4n) is 4.77. The fraction of sp³-hybridized carbons (Fsp3) is 0.367. The van der Waals surface area contributed by atoms with Crippen LogP contribution in [-0.4, -0.2) is 43.9 Å². The predicted octanol–water partition coefficient (Wildman–Crippen LogP) is 4.05. The van der Waals surface area contributed by atoms with Crippen LogP contribution in [0.3, 0.4) is 0 Å². The molecule has 1 unspecified atom stereocenters. The van der Waals surface area contributed by atoms with Gasteiger partial charge in [0.25, 0.3) is 5.56 Å². The third-order valence-corrected chi connectivity index (χ3v) is 7.64. The van der Waals surface area contributed by atoms with E-state index in [9.17, 15) is 9.59 Å². The summed E-state index contributed by atoms with van der Waals surface area (Å²) < 4.78 is 18.7. The molecule has 1 aromatic heterocycles. The minimum atomic E-state index is -0.676. The van der Waals surface area contributed by atoms with Crippen molar-refractivity contribution >= 4 is 29.1 Å². The van der Waals surface area contributed by atoms with Crippen LogP contribution in [0.2, 0.25) is 0 Å². The monoisotopic (exact) mass is 549 g/mol. The molecule has 0 bridgehead atoms. The van der Waals surface area contributed by atoms with Crippen LogP contribution in [0, 0.1) is 0 Å². The van der Waals surface area contributed by atoms with Crippen LogP contribution >= 0.6 is 11.3 Å². The third kappa shape index (κ3) is 5.63. The van der Waals surface area contributed by atoms with Gasteiger partial charge in [-0.3, -0.25) is 9.36 Å². The Bertz CT molecular complexity index is 1550. The number of rotatable bonds is 10. The Morgan fingerprint density at radius 1 is 1.08 bits per heavy atom. The van der Waals surface area contributed by atoms with Crippen molar-refractivity contribution in [1.29, 1.82) is 0 Å². The Labute approximate surface area is 232 Å². The molecule has 9 heteroatoms. The summed E-state index contributed by atoms with van der Waals surface area (Å²) in [5, 5.41) is 0. The Kier molecular flexibility index (Phi) is 8.91. The zero-order chi connectivity index (χ0) is 28.1. The van der Waals surface area contributed by atoms with Gasteiger partial charge in [0.05, 0.1) is 42.2 Å². The van der Waals surface area contributed by atoms with Crippen molar-refractivity contribution < 1.29 is 19.0 Å². The van der Waals surface area contributed by atoms with E-state index in [1.54, 1.807) is 25.5 Å². The van der Waals surface area contributed by atoms with E-state index in [2.05, 4.69) is 23.7 Å². The maximum Gasteiger partial charge on any atom is 0.338 e. The number of nitrogens with zero attached hydrogens (tertiary/aromatic N) is 3. The number of hydrogen-bond donors (Lipinski definition) is 0. The number of fused-ring (bicyclic) bond motifs is 1. The molecule has 0 aliphatic carbocycles. The minimum absolute atomic E-state index is 0.222. The standard InChI is InChI=1S/C30H35N3O5S/c1-7-32(8-2)22-14-11-21(24(18-22)36-6)17-25-28(34)33-27(20-12-15-23(16-13-20)37-9-3)26(29(35)38-10-4)19(5)31-30(33)39-25/h11-18,27H,7-10H2,1-6H3/b25-17-. The van der Waals surface area contributed by atoms with Gasteiger partial charge in [-0.2, -0.15) is 0 Å². The maximum absolute atomic E-state index is 13.9. The highest BCUT2D eigenvalue weighted by atomic mass is 32.1. The number of aromatic nitrogens is 1. The molecule has 0 spiro atoms. The molecule has 0 radical (unpaired) electrons. The summed E-state index contributed by atoms with van der Waals surface area (Å²) in [7, 11) is 1.63. The van der Waals surface area contributed by atoms with Gasteiger partial charge < -0.3 is 19.1 Å². The molecule has 3 aromatic rings. The molecule has 4 rings (SSSR count). The number of carbonyl (C=O) groups excluding carboxylic acids is 1. The van der Waals surface area contributed by atoms with Crippen LogP contribution < -0.4 is 29.3 Å². The molecule has 1 aliphatic rings. The quantitative estimate of drug-likeness (QED) is 0.355. The van der Waals surface area contributed by atoms with E-state index in [0.717, 1.165) is 29.9 Å². The van der Waals surface area contributed by atoms with Gasteiger partial charge in [0.15, 0.2) is 4.80 Å². The van der Waals surface area contributed by atoms with Crippen LogP contribution in [0.15, 0.2) is 63.5 Å². The van der Waals surface area contributed by atoms with Gasteiger partial charge in [-0.05, 0) is 70.5 Å². The number of esters is 1. The van der Waals surface area contributed by atoms with Crippen molar-refractivity contribution in [1.82, 2.24) is 4.57 Å². The zero-order valence-electron chi connectivity index (χ0n) is 23.3. The first-order valence-corrected chi connectivity index (χ1v) is 14.0. The topological polar surface area (TPSA) is 82.4 Å². The van der Waals surface area contributed by atoms with E-state index in [-0.39, 0.29) is 12.2 Å². The number of thiazole rings is 1. The summed E-state index contributed by atoms with van der Waals surface area (Å²) in [5.41, 5.74) is 3.26. The molecule has 2 aromatic carbocycles. The molecule has 8 nitrogen and oxygen atoms in total. The van der Waals surface area contributed by atoms with Crippen LogP contribution in [0.5, 0.6) is 11.5 Å². The molecule has 1 atom stereocenters. The lowest BCUT2D eigenvalue weighted by atomic mass is 9.96. The van der Waals surface area contributed by atoms with Crippen molar-refractivity contribution in [2.75, 3.05) is 38.3 Å². The Balaban J connectivity index is 1.88. The molecule has 39 heavy (non-hydrogen) atoms. The lowest BCUT2D eigenvalue weighted by Crippen LogP contribution is -2.39.